The molecule has 2 aromatic rings. The second-order valence-corrected chi connectivity index (χ2v) is 6.78. The third-order valence-electron chi connectivity index (χ3n) is 3.57. The van der Waals surface area contributed by atoms with E-state index < -0.39 is 18.0 Å². The molecule has 6 nitrogen and oxygen atoms in total. The van der Waals surface area contributed by atoms with E-state index in [1.54, 1.807) is 36.4 Å². The molecular formula is C19H20F3N3O3S. The Kier molecular flexibility index (Phi) is 8.20. The van der Waals surface area contributed by atoms with E-state index in [9.17, 15) is 22.8 Å². The molecule has 2 aromatic carbocycles. The number of para-hydroxylation sites is 1. The number of amides is 3. The number of hydrogen-bond donors (Lipinski definition) is 3. The highest BCUT2D eigenvalue weighted by atomic mass is 32.2. The molecule has 10 heteroatoms. The van der Waals surface area contributed by atoms with Gasteiger partial charge in [-0.15, -0.1) is 11.8 Å². The van der Waals surface area contributed by atoms with Gasteiger partial charge in [0.1, 0.15) is 5.75 Å². The minimum atomic E-state index is -4.30. The first kappa shape index (κ1) is 22.4. The van der Waals surface area contributed by atoms with Gasteiger partial charge in [-0.3, -0.25) is 4.79 Å². The van der Waals surface area contributed by atoms with Crippen molar-refractivity contribution in [3.63, 3.8) is 0 Å². The fraction of sp³-hybridized carbons (Fsp3) is 0.263. The number of rotatable bonds is 8. The number of carbonyl (C=O) groups is 2. The van der Waals surface area contributed by atoms with Gasteiger partial charge < -0.3 is 20.7 Å². The Balaban J connectivity index is 1.76. The lowest BCUT2D eigenvalue weighted by molar-refractivity contribution is -0.105. The number of anilines is 1. The topological polar surface area (TPSA) is 79.5 Å². The molecule has 0 radical (unpaired) electrons. The van der Waals surface area contributed by atoms with Crippen molar-refractivity contribution in [2.75, 3.05) is 31.3 Å². The number of halogens is 3. The van der Waals surface area contributed by atoms with Crippen LogP contribution < -0.4 is 20.7 Å². The lowest BCUT2D eigenvalue weighted by Gasteiger charge is -2.13. The summed E-state index contributed by atoms with van der Waals surface area (Å²) in [6.45, 7) is 0.328. The number of hydrogen-bond acceptors (Lipinski definition) is 4. The standard InChI is InChI=1S/C19H20F3N3O3S/c1-28-14-8-6-13(7-9-14)17(26)23-10-11-24-18(27)25-15-4-2-3-5-16(15)29-12-19(20,21)22/h2-9H,10-12H2,1H3,(H,23,26)(H2,24,25,27). The Morgan fingerprint density at radius 1 is 1.00 bits per heavy atom. The Morgan fingerprint density at radius 2 is 1.66 bits per heavy atom. The second kappa shape index (κ2) is 10.6. The summed E-state index contributed by atoms with van der Waals surface area (Å²) in [6.07, 6.45) is -4.30. The molecule has 3 amide bonds. The summed E-state index contributed by atoms with van der Waals surface area (Å²) in [5, 5.41) is 7.71. The van der Waals surface area contributed by atoms with Crippen LogP contribution in [0.1, 0.15) is 10.4 Å². The highest BCUT2D eigenvalue weighted by Gasteiger charge is 2.27. The Labute approximate surface area is 170 Å². The fourth-order valence-corrected chi connectivity index (χ4v) is 2.99. The highest BCUT2D eigenvalue weighted by Crippen LogP contribution is 2.31. The molecular weight excluding hydrogens is 407 g/mol. The van der Waals surface area contributed by atoms with Gasteiger partial charge in [-0.1, -0.05) is 12.1 Å². The molecule has 0 heterocycles. The Bertz CT molecular complexity index is 829. The number of ether oxygens (including phenoxy) is 1. The van der Waals surface area contributed by atoms with Crippen LogP contribution in [0.3, 0.4) is 0 Å². The van der Waals surface area contributed by atoms with Crippen molar-refractivity contribution in [1.29, 1.82) is 0 Å². The third kappa shape index (κ3) is 7.94. The van der Waals surface area contributed by atoms with Gasteiger partial charge >= 0.3 is 12.2 Å². The summed E-state index contributed by atoms with van der Waals surface area (Å²) in [7, 11) is 1.53. The number of carbonyl (C=O) groups excluding carboxylic acids is 2. The maximum absolute atomic E-state index is 12.4. The van der Waals surface area contributed by atoms with Gasteiger partial charge in [0, 0.05) is 23.5 Å². The minimum Gasteiger partial charge on any atom is -0.497 e. The van der Waals surface area contributed by atoms with Crippen molar-refractivity contribution in [3.05, 3.63) is 54.1 Å². The molecule has 0 bridgehead atoms. The monoisotopic (exact) mass is 427 g/mol. The SMILES string of the molecule is COc1ccc(C(=O)NCCNC(=O)Nc2ccccc2SCC(F)(F)F)cc1. The van der Waals surface area contributed by atoms with Crippen molar-refractivity contribution >= 4 is 29.4 Å². The summed E-state index contributed by atoms with van der Waals surface area (Å²) in [5.74, 6) is -0.720. The first-order valence-corrected chi connectivity index (χ1v) is 9.53. The average molecular weight is 427 g/mol. The van der Waals surface area contributed by atoms with Crippen LogP contribution in [0.5, 0.6) is 5.75 Å². The van der Waals surface area contributed by atoms with Gasteiger partial charge in [0.25, 0.3) is 5.91 Å². The van der Waals surface area contributed by atoms with Crippen LogP contribution in [-0.2, 0) is 0 Å². The zero-order valence-electron chi connectivity index (χ0n) is 15.5. The van der Waals surface area contributed by atoms with Crippen molar-refractivity contribution in [3.8, 4) is 5.75 Å². The summed E-state index contributed by atoms with van der Waals surface area (Å²) in [5.41, 5.74) is 0.729. The fourth-order valence-electron chi connectivity index (χ4n) is 2.22. The van der Waals surface area contributed by atoms with E-state index in [2.05, 4.69) is 16.0 Å². The normalized spacial score (nSPS) is 10.9. The number of nitrogens with one attached hydrogen (secondary N) is 3. The molecule has 0 fully saturated rings. The van der Waals surface area contributed by atoms with Crippen molar-refractivity contribution in [2.45, 2.75) is 11.1 Å². The maximum atomic E-state index is 12.4. The largest absolute Gasteiger partial charge is 0.497 e. The zero-order valence-corrected chi connectivity index (χ0v) is 16.3. The first-order chi connectivity index (χ1) is 13.8. The molecule has 0 unspecified atom stereocenters. The predicted molar refractivity (Wildman–Crippen MR) is 106 cm³/mol. The molecule has 0 aromatic heterocycles. The minimum absolute atomic E-state index is 0.144. The van der Waals surface area contributed by atoms with E-state index in [4.69, 9.17) is 4.74 Å². The van der Waals surface area contributed by atoms with Crippen LogP contribution in [-0.4, -0.2) is 44.1 Å². The maximum Gasteiger partial charge on any atom is 0.398 e. The number of benzene rings is 2. The van der Waals surface area contributed by atoms with E-state index >= 15 is 0 Å². The van der Waals surface area contributed by atoms with Crippen LogP contribution in [0.25, 0.3) is 0 Å². The van der Waals surface area contributed by atoms with Gasteiger partial charge in [0.05, 0.1) is 18.6 Å². The Hall–Kier alpha value is -2.88. The van der Waals surface area contributed by atoms with E-state index in [1.165, 1.54) is 19.2 Å². The molecule has 0 saturated heterocycles. The lowest BCUT2D eigenvalue weighted by atomic mass is 10.2. The summed E-state index contributed by atoms with van der Waals surface area (Å²) < 4.78 is 42.2. The van der Waals surface area contributed by atoms with E-state index in [1.807, 2.05) is 0 Å². The van der Waals surface area contributed by atoms with E-state index in [-0.39, 0.29) is 24.7 Å². The summed E-state index contributed by atoms with van der Waals surface area (Å²) in [6, 6.07) is 12.2. The van der Waals surface area contributed by atoms with Gasteiger partial charge in [-0.25, -0.2) is 4.79 Å². The molecule has 0 aliphatic heterocycles. The highest BCUT2D eigenvalue weighted by molar-refractivity contribution is 7.99. The molecule has 0 saturated carbocycles. The van der Waals surface area contributed by atoms with Crippen LogP contribution in [0.2, 0.25) is 0 Å². The number of methoxy groups -OCH3 is 1. The molecule has 2 rings (SSSR count). The summed E-state index contributed by atoms with van der Waals surface area (Å²) in [4.78, 5) is 24.3. The Morgan fingerprint density at radius 3 is 2.31 bits per heavy atom. The second-order valence-electron chi connectivity index (χ2n) is 5.77. The average Bonchev–Trinajstić information content (AvgIpc) is 2.70. The van der Waals surface area contributed by atoms with Gasteiger partial charge in [-0.2, -0.15) is 13.2 Å². The molecule has 29 heavy (non-hydrogen) atoms. The molecule has 156 valence electrons. The smallest absolute Gasteiger partial charge is 0.398 e. The number of alkyl halides is 3. The van der Waals surface area contributed by atoms with Crippen LogP contribution >= 0.6 is 11.8 Å². The quantitative estimate of drug-likeness (QED) is 0.441. The van der Waals surface area contributed by atoms with Gasteiger partial charge in [0.2, 0.25) is 0 Å². The van der Waals surface area contributed by atoms with Crippen LogP contribution in [0.15, 0.2) is 53.4 Å². The zero-order chi connectivity index (χ0) is 21.3. The first-order valence-electron chi connectivity index (χ1n) is 8.54. The third-order valence-corrected chi connectivity index (χ3v) is 4.71. The molecule has 0 spiro atoms. The van der Waals surface area contributed by atoms with Crippen molar-refractivity contribution in [2.24, 2.45) is 0 Å². The lowest BCUT2D eigenvalue weighted by Crippen LogP contribution is -2.36. The van der Waals surface area contributed by atoms with Crippen molar-refractivity contribution in [1.82, 2.24) is 10.6 Å². The number of thioether (sulfide) groups is 1. The molecule has 0 aliphatic rings. The predicted octanol–water partition coefficient (Wildman–Crippen LogP) is 3.90. The van der Waals surface area contributed by atoms with E-state index in [0.29, 0.717) is 28.0 Å². The van der Waals surface area contributed by atoms with Crippen LogP contribution in [0, 0.1) is 0 Å². The summed E-state index contributed by atoms with van der Waals surface area (Å²) >= 11 is 0.595. The van der Waals surface area contributed by atoms with Crippen LogP contribution in [0.4, 0.5) is 23.7 Å². The van der Waals surface area contributed by atoms with Gasteiger partial charge in [0.15, 0.2) is 0 Å². The molecule has 3 N–H and O–H groups in total. The molecule has 0 aliphatic carbocycles. The van der Waals surface area contributed by atoms with Gasteiger partial charge in [-0.05, 0) is 36.4 Å². The number of urea groups is 1. The molecule has 0 atom stereocenters. The van der Waals surface area contributed by atoms with E-state index in [0.717, 1.165) is 0 Å². The van der Waals surface area contributed by atoms with Crippen molar-refractivity contribution < 1.29 is 27.5 Å².